The molecule has 142 valence electrons. The van der Waals surface area contributed by atoms with Crippen LogP contribution in [0.15, 0.2) is 30.3 Å². The van der Waals surface area contributed by atoms with Gasteiger partial charge in [0.1, 0.15) is 0 Å². The van der Waals surface area contributed by atoms with Crippen LogP contribution in [0.5, 0.6) is 0 Å². The molecule has 2 aromatic rings. The van der Waals surface area contributed by atoms with E-state index < -0.39 is 17.9 Å². The number of piperidine rings is 1. The third-order valence-electron chi connectivity index (χ3n) is 5.80. The number of para-hydroxylation sites is 1. The van der Waals surface area contributed by atoms with Crippen molar-refractivity contribution in [2.24, 2.45) is 11.8 Å². The molecule has 0 bridgehead atoms. The molecular formula is C20H22N2O5. The van der Waals surface area contributed by atoms with Crippen molar-refractivity contribution in [3.8, 4) is 0 Å². The molecule has 1 saturated heterocycles. The summed E-state index contributed by atoms with van der Waals surface area (Å²) < 4.78 is 11.5. The summed E-state index contributed by atoms with van der Waals surface area (Å²) in [5.74, 6) is -2.19. The minimum absolute atomic E-state index is 0.0225. The highest BCUT2D eigenvalue weighted by molar-refractivity contribution is 5.96. The van der Waals surface area contributed by atoms with E-state index in [-0.39, 0.29) is 17.9 Å². The van der Waals surface area contributed by atoms with E-state index in [1.165, 1.54) is 14.2 Å². The van der Waals surface area contributed by atoms with Crippen LogP contribution in [0.3, 0.4) is 0 Å². The minimum atomic E-state index is -0.933. The first-order valence-electron chi connectivity index (χ1n) is 9.08. The Bertz CT molecular complexity index is 902. The topological polar surface area (TPSA) is 77.8 Å². The number of carbonyl (C=O) groups is 3. The Balaban J connectivity index is 1.71. The predicted molar refractivity (Wildman–Crippen MR) is 97.1 cm³/mol. The number of carbonyl (C=O) groups excluding carboxylic acids is 3. The smallest absolute Gasteiger partial charge is 0.320 e. The molecule has 0 aliphatic carbocycles. The van der Waals surface area contributed by atoms with Gasteiger partial charge in [0.25, 0.3) is 0 Å². The van der Waals surface area contributed by atoms with E-state index in [4.69, 9.17) is 9.47 Å². The zero-order valence-corrected chi connectivity index (χ0v) is 15.4. The Kier molecular flexibility index (Phi) is 4.47. The summed E-state index contributed by atoms with van der Waals surface area (Å²) in [6, 6.07) is 9.82. The van der Waals surface area contributed by atoms with Crippen LogP contribution in [-0.2, 0) is 19.1 Å². The van der Waals surface area contributed by atoms with Crippen LogP contribution in [0, 0.1) is 11.8 Å². The molecular weight excluding hydrogens is 348 g/mol. The lowest BCUT2D eigenvalue weighted by atomic mass is 9.79. The maximum absolute atomic E-state index is 12.7. The molecule has 2 aliphatic rings. The highest BCUT2D eigenvalue weighted by atomic mass is 16.5. The predicted octanol–water partition coefficient (Wildman–Crippen LogP) is 2.01. The van der Waals surface area contributed by atoms with Crippen molar-refractivity contribution in [2.45, 2.75) is 18.9 Å². The number of aromatic nitrogens is 1. The van der Waals surface area contributed by atoms with Gasteiger partial charge in [0.2, 0.25) is 5.91 Å². The summed E-state index contributed by atoms with van der Waals surface area (Å²) in [6.07, 6.45) is 1.23. The zero-order chi connectivity index (χ0) is 19.1. The summed E-state index contributed by atoms with van der Waals surface area (Å²) in [4.78, 5) is 39.3. The number of benzene rings is 1. The van der Waals surface area contributed by atoms with Crippen LogP contribution in [0.1, 0.15) is 29.4 Å². The summed E-state index contributed by atoms with van der Waals surface area (Å²) in [6.45, 7) is 0.983. The van der Waals surface area contributed by atoms with Gasteiger partial charge < -0.3 is 9.47 Å². The first-order chi connectivity index (χ1) is 13.0. The van der Waals surface area contributed by atoms with Gasteiger partial charge in [-0.2, -0.15) is 0 Å². The molecule has 1 aromatic heterocycles. The SMILES string of the molecule is COC(=O)C(C(=O)OC)[C@@H]1CCN2CC(=O)n3c(cc4ccccc43)[C@@H]2C1. The van der Waals surface area contributed by atoms with Crippen LogP contribution in [0.4, 0.5) is 0 Å². The first-order valence-corrected chi connectivity index (χ1v) is 9.08. The molecule has 0 saturated carbocycles. The van der Waals surface area contributed by atoms with E-state index in [1.54, 1.807) is 4.57 Å². The second kappa shape index (κ2) is 6.81. The molecule has 1 aromatic carbocycles. The van der Waals surface area contributed by atoms with Gasteiger partial charge in [0, 0.05) is 11.1 Å². The lowest BCUT2D eigenvalue weighted by Crippen LogP contribution is -2.49. The number of methoxy groups -OCH3 is 2. The highest BCUT2D eigenvalue weighted by Gasteiger charge is 2.44. The molecule has 27 heavy (non-hydrogen) atoms. The number of fused-ring (bicyclic) bond motifs is 5. The average Bonchev–Trinajstić information content (AvgIpc) is 3.08. The third-order valence-corrected chi connectivity index (χ3v) is 5.80. The van der Waals surface area contributed by atoms with Crippen LogP contribution in [0.2, 0.25) is 0 Å². The van der Waals surface area contributed by atoms with Gasteiger partial charge in [0.15, 0.2) is 5.92 Å². The van der Waals surface area contributed by atoms with Gasteiger partial charge in [-0.25, -0.2) is 0 Å². The third kappa shape index (κ3) is 2.82. The second-order valence-electron chi connectivity index (χ2n) is 7.15. The Morgan fingerprint density at radius 3 is 2.56 bits per heavy atom. The first kappa shape index (κ1) is 17.7. The van der Waals surface area contributed by atoms with Crippen molar-refractivity contribution in [3.63, 3.8) is 0 Å². The number of hydrogen-bond acceptors (Lipinski definition) is 6. The summed E-state index contributed by atoms with van der Waals surface area (Å²) >= 11 is 0. The maximum Gasteiger partial charge on any atom is 0.320 e. The van der Waals surface area contributed by atoms with Crippen molar-refractivity contribution in [3.05, 3.63) is 36.0 Å². The van der Waals surface area contributed by atoms with Gasteiger partial charge in [-0.3, -0.25) is 23.9 Å². The highest BCUT2D eigenvalue weighted by Crippen LogP contribution is 2.42. The minimum Gasteiger partial charge on any atom is -0.468 e. The molecule has 4 rings (SSSR count). The van der Waals surface area contributed by atoms with E-state index in [2.05, 4.69) is 4.90 Å². The van der Waals surface area contributed by atoms with Crippen molar-refractivity contribution in [2.75, 3.05) is 27.3 Å². The average molecular weight is 370 g/mol. The number of hydrogen-bond donors (Lipinski definition) is 0. The fourth-order valence-corrected chi connectivity index (χ4v) is 4.52. The largest absolute Gasteiger partial charge is 0.468 e. The van der Waals surface area contributed by atoms with Crippen molar-refractivity contribution in [1.82, 2.24) is 9.47 Å². The quantitative estimate of drug-likeness (QED) is 0.608. The van der Waals surface area contributed by atoms with Crippen LogP contribution < -0.4 is 0 Å². The van der Waals surface area contributed by atoms with E-state index in [0.717, 1.165) is 16.6 Å². The number of esters is 2. The zero-order valence-electron chi connectivity index (χ0n) is 15.4. The molecule has 0 amide bonds. The van der Waals surface area contributed by atoms with Crippen LogP contribution in [-0.4, -0.2) is 54.6 Å². The molecule has 7 nitrogen and oxygen atoms in total. The molecule has 0 spiro atoms. The van der Waals surface area contributed by atoms with E-state index in [9.17, 15) is 14.4 Å². The van der Waals surface area contributed by atoms with Gasteiger partial charge in [-0.15, -0.1) is 0 Å². The lowest BCUT2D eigenvalue weighted by molar-refractivity contribution is -0.163. The molecule has 2 atom stereocenters. The number of ether oxygens (including phenoxy) is 2. The molecule has 0 radical (unpaired) electrons. The Labute approximate surface area is 156 Å². The Morgan fingerprint density at radius 1 is 1.15 bits per heavy atom. The second-order valence-corrected chi connectivity index (χ2v) is 7.15. The molecule has 0 N–H and O–H groups in total. The monoisotopic (exact) mass is 370 g/mol. The van der Waals surface area contributed by atoms with Crippen molar-refractivity contribution < 1.29 is 23.9 Å². The van der Waals surface area contributed by atoms with Gasteiger partial charge in [0.05, 0.1) is 32.3 Å². The summed E-state index contributed by atoms with van der Waals surface area (Å²) in [5.41, 5.74) is 1.82. The van der Waals surface area contributed by atoms with Gasteiger partial charge >= 0.3 is 11.9 Å². The molecule has 0 unspecified atom stereocenters. The van der Waals surface area contributed by atoms with Crippen molar-refractivity contribution in [1.29, 1.82) is 0 Å². The van der Waals surface area contributed by atoms with Gasteiger partial charge in [-0.1, -0.05) is 18.2 Å². The molecule has 3 heterocycles. The molecule has 1 fully saturated rings. The fourth-order valence-electron chi connectivity index (χ4n) is 4.52. The normalized spacial score (nSPS) is 22.4. The molecule has 7 heteroatoms. The van der Waals surface area contributed by atoms with Crippen LogP contribution >= 0.6 is 0 Å². The Morgan fingerprint density at radius 2 is 1.85 bits per heavy atom. The molecule has 2 aliphatic heterocycles. The van der Waals surface area contributed by atoms with E-state index in [0.29, 0.717) is 25.9 Å². The number of rotatable bonds is 3. The van der Waals surface area contributed by atoms with E-state index >= 15 is 0 Å². The summed E-state index contributed by atoms with van der Waals surface area (Å²) in [7, 11) is 2.56. The fraction of sp³-hybridized carbons (Fsp3) is 0.450. The lowest BCUT2D eigenvalue weighted by Gasteiger charge is -2.43. The van der Waals surface area contributed by atoms with Crippen LogP contribution in [0.25, 0.3) is 10.9 Å². The van der Waals surface area contributed by atoms with Crippen molar-refractivity contribution >= 4 is 28.7 Å². The van der Waals surface area contributed by atoms with Gasteiger partial charge in [-0.05, 0) is 37.4 Å². The number of nitrogens with zero attached hydrogens (tertiary/aromatic N) is 2. The standard InChI is InChI=1S/C20H22N2O5/c1-26-19(24)18(20(25)27-2)13-7-8-21-11-17(23)22-14-6-4-3-5-12(14)9-16(22)15(21)10-13/h3-6,9,13,15,18H,7-8,10-11H2,1-2H3/t13-,15+/m1/s1. The maximum atomic E-state index is 12.7. The summed E-state index contributed by atoms with van der Waals surface area (Å²) in [5, 5.41) is 1.02. The van der Waals surface area contributed by atoms with E-state index in [1.807, 2.05) is 30.3 Å². The Hall–Kier alpha value is -2.67.